The lowest BCUT2D eigenvalue weighted by Crippen LogP contribution is -2.10. The van der Waals surface area contributed by atoms with Gasteiger partial charge in [0.1, 0.15) is 11.6 Å². The van der Waals surface area contributed by atoms with Gasteiger partial charge in [-0.25, -0.2) is 4.98 Å². The van der Waals surface area contributed by atoms with E-state index in [9.17, 15) is 0 Å². The van der Waals surface area contributed by atoms with Gasteiger partial charge < -0.3 is 15.4 Å². The van der Waals surface area contributed by atoms with Crippen LogP contribution >= 0.6 is 0 Å². The van der Waals surface area contributed by atoms with Crippen molar-refractivity contribution in [2.75, 3.05) is 24.3 Å². The van der Waals surface area contributed by atoms with E-state index in [4.69, 9.17) is 4.74 Å². The van der Waals surface area contributed by atoms with E-state index in [1.165, 1.54) is 16.7 Å². The summed E-state index contributed by atoms with van der Waals surface area (Å²) in [6.07, 6.45) is 0.916. The van der Waals surface area contributed by atoms with Crippen LogP contribution in [0.15, 0.2) is 54.6 Å². The minimum absolute atomic E-state index is 0.644. The first-order valence-corrected chi connectivity index (χ1v) is 9.15. The Morgan fingerprint density at radius 2 is 1.70 bits per heavy atom. The molecule has 1 heterocycles. The van der Waals surface area contributed by atoms with Crippen molar-refractivity contribution in [2.45, 2.75) is 26.8 Å². The fraction of sp³-hybridized carbons (Fsp3) is 0.273. The van der Waals surface area contributed by atoms with Crippen molar-refractivity contribution in [1.82, 2.24) is 9.97 Å². The molecule has 5 heteroatoms. The molecule has 0 saturated heterocycles. The lowest BCUT2D eigenvalue weighted by atomic mass is 10.1. The first-order chi connectivity index (χ1) is 13.1. The first-order valence-electron chi connectivity index (χ1n) is 9.15. The maximum Gasteiger partial charge on any atom is 0.225 e. The molecule has 27 heavy (non-hydrogen) atoms. The fourth-order valence-corrected chi connectivity index (χ4v) is 2.85. The Morgan fingerprint density at radius 3 is 2.44 bits per heavy atom. The van der Waals surface area contributed by atoms with E-state index in [-0.39, 0.29) is 0 Å². The second kappa shape index (κ2) is 9.03. The van der Waals surface area contributed by atoms with Crippen molar-refractivity contribution in [3.8, 4) is 5.75 Å². The number of aromatic nitrogens is 2. The van der Waals surface area contributed by atoms with Gasteiger partial charge in [0.25, 0.3) is 0 Å². The summed E-state index contributed by atoms with van der Waals surface area (Å²) in [6.45, 7) is 5.61. The molecule has 3 aromatic rings. The number of hydrogen-bond donors (Lipinski definition) is 2. The highest BCUT2D eigenvalue weighted by Gasteiger charge is 2.04. The average Bonchev–Trinajstić information content (AvgIpc) is 2.67. The van der Waals surface area contributed by atoms with Gasteiger partial charge in [-0.3, -0.25) is 0 Å². The number of ether oxygens (including phenoxy) is 1. The SMILES string of the molecule is COc1ccc(CCNc2cc(C)nc(NCc3ccccc3C)n2)cc1. The van der Waals surface area contributed by atoms with E-state index in [1.54, 1.807) is 7.11 Å². The van der Waals surface area contributed by atoms with Crippen LogP contribution in [0.3, 0.4) is 0 Å². The zero-order chi connectivity index (χ0) is 19.1. The lowest BCUT2D eigenvalue weighted by Gasteiger charge is -2.11. The van der Waals surface area contributed by atoms with E-state index < -0.39 is 0 Å². The van der Waals surface area contributed by atoms with Crippen LogP contribution in [0.5, 0.6) is 5.75 Å². The minimum Gasteiger partial charge on any atom is -0.497 e. The summed E-state index contributed by atoms with van der Waals surface area (Å²) >= 11 is 0. The van der Waals surface area contributed by atoms with Gasteiger partial charge in [0.15, 0.2) is 0 Å². The third-order valence-electron chi connectivity index (χ3n) is 4.43. The molecule has 140 valence electrons. The summed E-state index contributed by atoms with van der Waals surface area (Å²) in [6, 6.07) is 18.4. The highest BCUT2D eigenvalue weighted by atomic mass is 16.5. The molecule has 0 aliphatic rings. The molecule has 1 aromatic heterocycles. The topological polar surface area (TPSA) is 59.1 Å². The van der Waals surface area contributed by atoms with Gasteiger partial charge in [0.2, 0.25) is 5.95 Å². The van der Waals surface area contributed by atoms with E-state index in [0.717, 1.165) is 30.2 Å². The zero-order valence-corrected chi connectivity index (χ0v) is 16.1. The van der Waals surface area contributed by atoms with Crippen molar-refractivity contribution in [2.24, 2.45) is 0 Å². The number of benzene rings is 2. The van der Waals surface area contributed by atoms with Crippen LogP contribution in [0.2, 0.25) is 0 Å². The van der Waals surface area contributed by atoms with E-state index >= 15 is 0 Å². The molecule has 0 unspecified atom stereocenters. The van der Waals surface area contributed by atoms with Gasteiger partial charge in [-0.1, -0.05) is 36.4 Å². The van der Waals surface area contributed by atoms with Gasteiger partial charge in [0, 0.05) is 24.8 Å². The predicted octanol–water partition coefficient (Wildman–Crippen LogP) is 4.37. The Balaban J connectivity index is 1.57. The number of rotatable bonds is 8. The summed E-state index contributed by atoms with van der Waals surface area (Å²) in [7, 11) is 1.68. The second-order valence-corrected chi connectivity index (χ2v) is 6.52. The predicted molar refractivity (Wildman–Crippen MR) is 110 cm³/mol. The molecule has 0 amide bonds. The van der Waals surface area contributed by atoms with Crippen LogP contribution in [0, 0.1) is 13.8 Å². The molecular formula is C22H26N4O. The third kappa shape index (κ3) is 5.45. The van der Waals surface area contributed by atoms with Crippen LogP contribution in [0.4, 0.5) is 11.8 Å². The zero-order valence-electron chi connectivity index (χ0n) is 16.1. The van der Waals surface area contributed by atoms with E-state index in [1.807, 2.05) is 37.3 Å². The second-order valence-electron chi connectivity index (χ2n) is 6.52. The number of hydrogen-bond acceptors (Lipinski definition) is 5. The Labute approximate surface area is 160 Å². The molecule has 3 rings (SSSR count). The van der Waals surface area contributed by atoms with E-state index in [0.29, 0.717) is 12.5 Å². The van der Waals surface area contributed by atoms with Crippen LogP contribution in [0.1, 0.15) is 22.4 Å². The highest BCUT2D eigenvalue weighted by Crippen LogP contribution is 2.14. The molecule has 0 fully saturated rings. The normalized spacial score (nSPS) is 10.5. The van der Waals surface area contributed by atoms with Crippen molar-refractivity contribution in [1.29, 1.82) is 0 Å². The Bertz CT molecular complexity index is 878. The van der Waals surface area contributed by atoms with Gasteiger partial charge >= 0.3 is 0 Å². The minimum atomic E-state index is 0.644. The van der Waals surface area contributed by atoms with Gasteiger partial charge in [0.05, 0.1) is 7.11 Å². The summed E-state index contributed by atoms with van der Waals surface area (Å²) in [5.74, 6) is 2.36. The quantitative estimate of drug-likeness (QED) is 0.623. The van der Waals surface area contributed by atoms with Gasteiger partial charge in [-0.15, -0.1) is 0 Å². The van der Waals surface area contributed by atoms with Gasteiger partial charge in [-0.2, -0.15) is 4.98 Å². The highest BCUT2D eigenvalue weighted by molar-refractivity contribution is 5.43. The Morgan fingerprint density at radius 1 is 0.926 bits per heavy atom. The molecule has 5 nitrogen and oxygen atoms in total. The monoisotopic (exact) mass is 362 g/mol. The van der Waals surface area contributed by atoms with Crippen molar-refractivity contribution < 1.29 is 4.74 Å². The largest absolute Gasteiger partial charge is 0.497 e. The molecule has 0 aliphatic heterocycles. The van der Waals surface area contributed by atoms with Crippen LogP contribution in [-0.2, 0) is 13.0 Å². The van der Waals surface area contributed by atoms with Crippen molar-refractivity contribution >= 4 is 11.8 Å². The molecule has 0 aliphatic carbocycles. The maximum atomic E-state index is 5.19. The van der Waals surface area contributed by atoms with Crippen LogP contribution < -0.4 is 15.4 Å². The van der Waals surface area contributed by atoms with Gasteiger partial charge in [-0.05, 0) is 49.1 Å². The molecule has 0 atom stereocenters. The van der Waals surface area contributed by atoms with Crippen molar-refractivity contribution in [3.05, 3.63) is 77.0 Å². The summed E-state index contributed by atoms with van der Waals surface area (Å²) in [5.41, 5.74) is 4.70. The number of methoxy groups -OCH3 is 1. The molecule has 2 aromatic carbocycles. The summed E-state index contributed by atoms with van der Waals surface area (Å²) < 4.78 is 5.19. The number of aryl methyl sites for hydroxylation is 2. The van der Waals surface area contributed by atoms with E-state index in [2.05, 4.69) is 51.8 Å². The summed E-state index contributed by atoms with van der Waals surface area (Å²) in [4.78, 5) is 9.07. The number of nitrogens with zero attached hydrogens (tertiary/aromatic N) is 2. The molecule has 0 saturated carbocycles. The standard InChI is InChI=1S/C22H26N4O/c1-16-6-4-5-7-19(16)15-24-22-25-17(2)14-21(26-22)23-13-12-18-8-10-20(27-3)11-9-18/h4-11,14H,12-13,15H2,1-3H3,(H2,23,24,25,26). The lowest BCUT2D eigenvalue weighted by molar-refractivity contribution is 0.414. The molecular weight excluding hydrogens is 336 g/mol. The van der Waals surface area contributed by atoms with Crippen LogP contribution in [-0.4, -0.2) is 23.6 Å². The fourth-order valence-electron chi connectivity index (χ4n) is 2.85. The third-order valence-corrected chi connectivity index (χ3v) is 4.43. The molecule has 2 N–H and O–H groups in total. The molecule has 0 bridgehead atoms. The van der Waals surface area contributed by atoms with Crippen LogP contribution in [0.25, 0.3) is 0 Å². The summed E-state index contributed by atoms with van der Waals surface area (Å²) in [5, 5.41) is 6.72. The Kier molecular flexibility index (Phi) is 6.26. The van der Waals surface area contributed by atoms with Crippen molar-refractivity contribution in [3.63, 3.8) is 0 Å². The smallest absolute Gasteiger partial charge is 0.225 e. The number of anilines is 2. The molecule has 0 radical (unpaired) electrons. The maximum absolute atomic E-state index is 5.19. The average molecular weight is 362 g/mol. The Hall–Kier alpha value is -3.08. The molecule has 0 spiro atoms. The first kappa shape index (κ1) is 18.7. The number of nitrogens with one attached hydrogen (secondary N) is 2.